The van der Waals surface area contributed by atoms with Crippen molar-refractivity contribution in [3.63, 3.8) is 0 Å². The SMILES string of the molecule is COc1cc(C)c(CCCN2CCSCC2)c(OC)c1. The molecule has 1 aliphatic heterocycles. The molecule has 4 heteroatoms. The van der Waals surface area contributed by atoms with Crippen LogP contribution >= 0.6 is 11.8 Å². The Kier molecular flexibility index (Phi) is 6.05. The summed E-state index contributed by atoms with van der Waals surface area (Å²) in [7, 11) is 3.43. The van der Waals surface area contributed by atoms with Crippen molar-refractivity contribution in [3.8, 4) is 11.5 Å². The first kappa shape index (κ1) is 15.5. The molecule has 0 aromatic heterocycles. The van der Waals surface area contributed by atoms with E-state index in [4.69, 9.17) is 9.47 Å². The fourth-order valence-corrected chi connectivity index (χ4v) is 3.66. The van der Waals surface area contributed by atoms with Gasteiger partial charge in [-0.3, -0.25) is 0 Å². The van der Waals surface area contributed by atoms with Crippen LogP contribution in [0.15, 0.2) is 12.1 Å². The van der Waals surface area contributed by atoms with E-state index >= 15 is 0 Å². The van der Waals surface area contributed by atoms with Crippen LogP contribution in [0.2, 0.25) is 0 Å². The average Bonchev–Trinajstić information content (AvgIpc) is 2.49. The summed E-state index contributed by atoms with van der Waals surface area (Å²) in [6, 6.07) is 4.08. The number of ether oxygens (including phenoxy) is 2. The van der Waals surface area contributed by atoms with Gasteiger partial charge in [0.05, 0.1) is 14.2 Å². The van der Waals surface area contributed by atoms with E-state index < -0.39 is 0 Å². The highest BCUT2D eigenvalue weighted by molar-refractivity contribution is 7.99. The summed E-state index contributed by atoms with van der Waals surface area (Å²) in [5.74, 6) is 4.39. The lowest BCUT2D eigenvalue weighted by molar-refractivity contribution is 0.298. The molecule has 112 valence electrons. The second-order valence-corrected chi connectivity index (χ2v) is 6.41. The topological polar surface area (TPSA) is 21.7 Å². The Balaban J connectivity index is 1.94. The minimum absolute atomic E-state index is 0.871. The highest BCUT2D eigenvalue weighted by atomic mass is 32.2. The molecule has 1 fully saturated rings. The van der Waals surface area contributed by atoms with Crippen LogP contribution in [-0.4, -0.2) is 50.3 Å². The maximum absolute atomic E-state index is 5.51. The Bertz CT molecular complexity index is 431. The predicted octanol–water partition coefficient (Wildman–Crippen LogP) is 2.99. The molecule has 0 atom stereocenters. The van der Waals surface area contributed by atoms with E-state index in [1.165, 1.54) is 48.7 Å². The molecule has 2 rings (SSSR count). The maximum atomic E-state index is 5.51. The van der Waals surface area contributed by atoms with Crippen molar-refractivity contribution in [2.75, 3.05) is 45.4 Å². The molecule has 0 spiro atoms. The highest BCUT2D eigenvalue weighted by Gasteiger charge is 2.12. The van der Waals surface area contributed by atoms with Crippen LogP contribution in [0.3, 0.4) is 0 Å². The first-order valence-electron chi connectivity index (χ1n) is 7.26. The van der Waals surface area contributed by atoms with Crippen LogP contribution in [0.1, 0.15) is 17.5 Å². The molecule has 0 bridgehead atoms. The van der Waals surface area contributed by atoms with Crippen LogP contribution in [0.25, 0.3) is 0 Å². The summed E-state index contributed by atoms with van der Waals surface area (Å²) in [5, 5.41) is 0. The minimum atomic E-state index is 0.871. The van der Waals surface area contributed by atoms with Gasteiger partial charge in [-0.05, 0) is 43.5 Å². The summed E-state index contributed by atoms with van der Waals surface area (Å²) in [4.78, 5) is 2.57. The summed E-state index contributed by atoms with van der Waals surface area (Å²) in [6.07, 6.45) is 2.26. The van der Waals surface area contributed by atoms with Gasteiger partial charge in [-0.1, -0.05) is 0 Å². The lowest BCUT2D eigenvalue weighted by atomic mass is 10.0. The number of aryl methyl sites for hydroxylation is 1. The van der Waals surface area contributed by atoms with Crippen LogP contribution in [0, 0.1) is 6.92 Å². The van der Waals surface area contributed by atoms with Gasteiger partial charge in [0.25, 0.3) is 0 Å². The third-order valence-corrected chi connectivity index (χ3v) is 4.81. The van der Waals surface area contributed by atoms with E-state index in [2.05, 4.69) is 29.7 Å². The fraction of sp³-hybridized carbons (Fsp3) is 0.625. The largest absolute Gasteiger partial charge is 0.497 e. The molecule has 0 amide bonds. The van der Waals surface area contributed by atoms with Crippen LogP contribution in [0.4, 0.5) is 0 Å². The van der Waals surface area contributed by atoms with Gasteiger partial charge in [0.1, 0.15) is 11.5 Å². The summed E-state index contributed by atoms with van der Waals surface area (Å²) in [5.41, 5.74) is 2.58. The zero-order valence-electron chi connectivity index (χ0n) is 12.8. The second-order valence-electron chi connectivity index (χ2n) is 5.18. The average molecular weight is 295 g/mol. The van der Waals surface area contributed by atoms with Gasteiger partial charge in [0.15, 0.2) is 0 Å². The Hall–Kier alpha value is -0.870. The van der Waals surface area contributed by atoms with E-state index in [1.54, 1.807) is 14.2 Å². The Morgan fingerprint density at radius 2 is 1.90 bits per heavy atom. The van der Waals surface area contributed by atoms with Gasteiger partial charge in [-0.15, -0.1) is 0 Å². The van der Waals surface area contributed by atoms with Gasteiger partial charge < -0.3 is 14.4 Å². The first-order chi connectivity index (χ1) is 9.74. The third-order valence-electron chi connectivity index (χ3n) is 3.87. The molecule has 1 aromatic carbocycles. The van der Waals surface area contributed by atoms with Gasteiger partial charge >= 0.3 is 0 Å². The normalized spacial score (nSPS) is 16.1. The molecule has 1 aliphatic rings. The van der Waals surface area contributed by atoms with E-state index in [1.807, 2.05) is 6.07 Å². The molecule has 0 aliphatic carbocycles. The molecule has 0 unspecified atom stereocenters. The molecular formula is C16H25NO2S. The maximum Gasteiger partial charge on any atom is 0.126 e. The monoisotopic (exact) mass is 295 g/mol. The predicted molar refractivity (Wildman–Crippen MR) is 86.4 cm³/mol. The van der Waals surface area contributed by atoms with E-state index in [0.717, 1.165) is 17.9 Å². The molecule has 0 N–H and O–H groups in total. The molecule has 0 radical (unpaired) electrons. The van der Waals surface area contributed by atoms with E-state index in [-0.39, 0.29) is 0 Å². The lowest BCUT2D eigenvalue weighted by Crippen LogP contribution is -2.33. The third kappa shape index (κ3) is 4.06. The van der Waals surface area contributed by atoms with Crippen molar-refractivity contribution in [1.82, 2.24) is 4.90 Å². The standard InChI is InChI=1S/C16H25NO2S/c1-13-11-14(18-2)12-16(19-3)15(13)5-4-6-17-7-9-20-10-8-17/h11-12H,4-10H2,1-3H3. The molecule has 0 saturated carbocycles. The van der Waals surface area contributed by atoms with Gasteiger partial charge in [-0.25, -0.2) is 0 Å². The second kappa shape index (κ2) is 7.79. The Morgan fingerprint density at radius 3 is 2.55 bits per heavy atom. The Labute approximate surface area is 126 Å². The molecule has 1 aromatic rings. The molecule has 3 nitrogen and oxygen atoms in total. The number of benzene rings is 1. The Morgan fingerprint density at radius 1 is 1.15 bits per heavy atom. The van der Waals surface area contributed by atoms with Crippen molar-refractivity contribution in [2.45, 2.75) is 19.8 Å². The van der Waals surface area contributed by atoms with Crippen molar-refractivity contribution < 1.29 is 9.47 Å². The number of methoxy groups -OCH3 is 2. The quantitative estimate of drug-likeness (QED) is 0.804. The van der Waals surface area contributed by atoms with E-state index in [9.17, 15) is 0 Å². The zero-order valence-corrected chi connectivity index (χ0v) is 13.6. The van der Waals surface area contributed by atoms with Gasteiger partial charge in [0, 0.05) is 30.7 Å². The van der Waals surface area contributed by atoms with Crippen LogP contribution in [-0.2, 0) is 6.42 Å². The van der Waals surface area contributed by atoms with E-state index in [0.29, 0.717) is 0 Å². The number of hydrogen-bond donors (Lipinski definition) is 0. The smallest absolute Gasteiger partial charge is 0.126 e. The van der Waals surface area contributed by atoms with Crippen LogP contribution < -0.4 is 9.47 Å². The molecular weight excluding hydrogens is 270 g/mol. The number of rotatable bonds is 6. The van der Waals surface area contributed by atoms with Crippen molar-refractivity contribution in [2.24, 2.45) is 0 Å². The molecule has 1 saturated heterocycles. The minimum Gasteiger partial charge on any atom is -0.497 e. The van der Waals surface area contributed by atoms with Gasteiger partial charge in [-0.2, -0.15) is 11.8 Å². The van der Waals surface area contributed by atoms with Crippen molar-refractivity contribution in [1.29, 1.82) is 0 Å². The highest BCUT2D eigenvalue weighted by Crippen LogP contribution is 2.29. The van der Waals surface area contributed by atoms with Crippen LogP contribution in [0.5, 0.6) is 11.5 Å². The van der Waals surface area contributed by atoms with Crippen molar-refractivity contribution in [3.05, 3.63) is 23.3 Å². The summed E-state index contributed by atoms with van der Waals surface area (Å²) >= 11 is 2.07. The number of thioether (sulfide) groups is 1. The van der Waals surface area contributed by atoms with Crippen molar-refractivity contribution >= 4 is 11.8 Å². The summed E-state index contributed by atoms with van der Waals surface area (Å²) < 4.78 is 10.8. The first-order valence-corrected chi connectivity index (χ1v) is 8.41. The summed E-state index contributed by atoms with van der Waals surface area (Å²) in [6.45, 7) is 5.81. The fourth-order valence-electron chi connectivity index (χ4n) is 2.68. The lowest BCUT2D eigenvalue weighted by Gasteiger charge is -2.26. The van der Waals surface area contributed by atoms with Gasteiger partial charge in [0.2, 0.25) is 0 Å². The molecule has 20 heavy (non-hydrogen) atoms. The number of hydrogen-bond acceptors (Lipinski definition) is 4. The molecule has 1 heterocycles. The zero-order chi connectivity index (χ0) is 14.4. The number of nitrogens with zero attached hydrogens (tertiary/aromatic N) is 1.